The molecule has 0 saturated carbocycles. The van der Waals surface area contributed by atoms with Gasteiger partial charge in [-0.15, -0.1) is 0 Å². The molecule has 1 aliphatic rings. The van der Waals surface area contributed by atoms with Crippen molar-refractivity contribution in [2.75, 3.05) is 24.7 Å². The molecule has 1 saturated heterocycles. The van der Waals surface area contributed by atoms with Gasteiger partial charge in [0, 0.05) is 12.4 Å². The van der Waals surface area contributed by atoms with E-state index in [9.17, 15) is 5.11 Å². The van der Waals surface area contributed by atoms with Gasteiger partial charge in [0.25, 0.3) is 0 Å². The monoisotopic (exact) mass is 191 g/mol. The average Bonchev–Trinajstić information content (AvgIpc) is 2.49. The Labute approximate surface area is 77.7 Å². The highest BCUT2D eigenvalue weighted by Crippen LogP contribution is 2.29. The molecule has 0 aromatic carbocycles. The van der Waals surface area contributed by atoms with Crippen LogP contribution in [0.3, 0.4) is 0 Å². The fourth-order valence-corrected chi connectivity index (χ4v) is 2.62. The maximum absolute atomic E-state index is 9.96. The lowest BCUT2D eigenvalue weighted by Gasteiger charge is -2.28. The van der Waals surface area contributed by atoms with Crippen LogP contribution in [-0.2, 0) is 4.74 Å². The second kappa shape index (κ2) is 4.46. The first-order valence-electron chi connectivity index (χ1n) is 4.32. The van der Waals surface area contributed by atoms with Gasteiger partial charge in [0.15, 0.2) is 0 Å². The Morgan fingerprint density at radius 1 is 1.75 bits per heavy atom. The van der Waals surface area contributed by atoms with Crippen molar-refractivity contribution in [2.45, 2.75) is 25.0 Å². The molecule has 0 aromatic heterocycles. The number of nitrogens with two attached hydrogens (primary N) is 1. The molecular formula is C8H17NO2S. The minimum atomic E-state index is -0.681. The maximum atomic E-state index is 9.96. The van der Waals surface area contributed by atoms with Gasteiger partial charge in [-0.25, -0.2) is 0 Å². The van der Waals surface area contributed by atoms with Crippen molar-refractivity contribution < 1.29 is 9.84 Å². The molecule has 3 nitrogen and oxygen atoms in total. The minimum absolute atomic E-state index is 0.229. The van der Waals surface area contributed by atoms with Crippen LogP contribution in [0.15, 0.2) is 0 Å². The third-order valence-corrected chi connectivity index (χ3v) is 3.42. The molecule has 0 radical (unpaired) electrons. The second-order valence-corrected chi connectivity index (χ2v) is 4.28. The molecule has 0 amide bonds. The summed E-state index contributed by atoms with van der Waals surface area (Å²) in [5.41, 5.74) is 5.13. The van der Waals surface area contributed by atoms with E-state index in [1.54, 1.807) is 11.8 Å². The molecule has 2 atom stereocenters. The quantitative estimate of drug-likeness (QED) is 0.667. The van der Waals surface area contributed by atoms with E-state index in [1.165, 1.54) is 0 Å². The smallest absolute Gasteiger partial charge is 0.0918 e. The predicted molar refractivity (Wildman–Crippen MR) is 51.4 cm³/mol. The predicted octanol–water partition coefficient (Wildman–Crippen LogP) is 0.218. The van der Waals surface area contributed by atoms with E-state index in [0.29, 0.717) is 13.2 Å². The lowest BCUT2D eigenvalue weighted by molar-refractivity contribution is 0.00252. The Balaban J connectivity index is 2.33. The Morgan fingerprint density at radius 3 is 3.00 bits per heavy atom. The molecule has 72 valence electrons. The van der Waals surface area contributed by atoms with Gasteiger partial charge in [-0.05, 0) is 19.1 Å². The summed E-state index contributed by atoms with van der Waals surface area (Å²) in [7, 11) is 0. The zero-order valence-electron chi connectivity index (χ0n) is 7.45. The number of hydrogen-bond acceptors (Lipinski definition) is 4. The first-order valence-corrected chi connectivity index (χ1v) is 5.48. The van der Waals surface area contributed by atoms with Crippen molar-refractivity contribution >= 4 is 11.8 Å². The Kier molecular flexibility index (Phi) is 3.83. The van der Waals surface area contributed by atoms with Crippen LogP contribution in [-0.4, -0.2) is 41.5 Å². The molecule has 0 spiro atoms. The molecule has 0 bridgehead atoms. The number of rotatable bonds is 4. The van der Waals surface area contributed by atoms with Gasteiger partial charge in [-0.1, -0.05) is 0 Å². The van der Waals surface area contributed by atoms with Crippen LogP contribution in [0, 0.1) is 0 Å². The standard InChI is InChI=1S/C8H17NO2S/c1-2-11-5-7(9)8(10)3-4-12-6-8/h7,10H,2-6,9H2,1H3. The summed E-state index contributed by atoms with van der Waals surface area (Å²) >= 11 is 1.76. The van der Waals surface area contributed by atoms with Gasteiger partial charge in [-0.3, -0.25) is 0 Å². The minimum Gasteiger partial charge on any atom is -0.387 e. The van der Waals surface area contributed by atoms with E-state index in [1.807, 2.05) is 6.92 Å². The average molecular weight is 191 g/mol. The van der Waals surface area contributed by atoms with E-state index in [4.69, 9.17) is 10.5 Å². The van der Waals surface area contributed by atoms with Gasteiger partial charge in [0.1, 0.15) is 0 Å². The van der Waals surface area contributed by atoms with E-state index < -0.39 is 5.60 Å². The van der Waals surface area contributed by atoms with Gasteiger partial charge >= 0.3 is 0 Å². The number of thioether (sulfide) groups is 1. The van der Waals surface area contributed by atoms with E-state index in [2.05, 4.69) is 0 Å². The van der Waals surface area contributed by atoms with Gasteiger partial charge in [0.05, 0.1) is 18.2 Å². The first-order chi connectivity index (χ1) is 5.69. The molecule has 2 unspecified atom stereocenters. The number of ether oxygens (including phenoxy) is 1. The zero-order valence-corrected chi connectivity index (χ0v) is 8.27. The molecule has 1 fully saturated rings. The molecule has 0 aliphatic carbocycles. The largest absolute Gasteiger partial charge is 0.387 e. The van der Waals surface area contributed by atoms with Crippen molar-refractivity contribution in [3.63, 3.8) is 0 Å². The third kappa shape index (κ3) is 2.36. The summed E-state index contributed by atoms with van der Waals surface area (Å²) in [5, 5.41) is 9.96. The third-order valence-electron chi connectivity index (χ3n) is 2.22. The Morgan fingerprint density at radius 2 is 2.50 bits per heavy atom. The van der Waals surface area contributed by atoms with Crippen molar-refractivity contribution in [3.8, 4) is 0 Å². The number of hydrogen-bond donors (Lipinski definition) is 2. The molecular weight excluding hydrogens is 174 g/mol. The molecule has 3 N–H and O–H groups in total. The highest BCUT2D eigenvalue weighted by molar-refractivity contribution is 7.99. The van der Waals surface area contributed by atoms with Crippen LogP contribution in [0.5, 0.6) is 0 Å². The highest BCUT2D eigenvalue weighted by atomic mass is 32.2. The summed E-state index contributed by atoms with van der Waals surface area (Å²) in [5.74, 6) is 1.76. The lowest BCUT2D eigenvalue weighted by atomic mass is 9.95. The maximum Gasteiger partial charge on any atom is 0.0918 e. The molecule has 1 heterocycles. The van der Waals surface area contributed by atoms with Gasteiger partial charge in [-0.2, -0.15) is 11.8 Å². The summed E-state index contributed by atoms with van der Waals surface area (Å²) in [6.07, 6.45) is 0.798. The van der Waals surface area contributed by atoms with E-state index in [-0.39, 0.29) is 6.04 Å². The van der Waals surface area contributed by atoms with Crippen molar-refractivity contribution in [3.05, 3.63) is 0 Å². The molecule has 4 heteroatoms. The molecule has 0 aromatic rings. The SMILES string of the molecule is CCOCC(N)C1(O)CCSC1. The summed E-state index contributed by atoms with van der Waals surface area (Å²) in [4.78, 5) is 0. The van der Waals surface area contributed by atoms with Crippen LogP contribution < -0.4 is 5.73 Å². The van der Waals surface area contributed by atoms with Crippen LogP contribution in [0.1, 0.15) is 13.3 Å². The normalized spacial score (nSPS) is 32.2. The summed E-state index contributed by atoms with van der Waals surface area (Å²) in [6.45, 7) is 3.06. The van der Waals surface area contributed by atoms with Gasteiger partial charge < -0.3 is 15.6 Å². The summed E-state index contributed by atoms with van der Waals surface area (Å²) in [6, 6.07) is -0.229. The second-order valence-electron chi connectivity index (χ2n) is 3.17. The van der Waals surface area contributed by atoms with Crippen molar-refractivity contribution in [2.24, 2.45) is 5.73 Å². The Bertz CT molecular complexity index is 137. The molecule has 1 rings (SSSR count). The van der Waals surface area contributed by atoms with E-state index >= 15 is 0 Å². The van der Waals surface area contributed by atoms with E-state index in [0.717, 1.165) is 17.9 Å². The summed E-state index contributed by atoms with van der Waals surface area (Å²) < 4.78 is 5.18. The topological polar surface area (TPSA) is 55.5 Å². The number of aliphatic hydroxyl groups is 1. The van der Waals surface area contributed by atoms with Crippen LogP contribution in [0.25, 0.3) is 0 Å². The van der Waals surface area contributed by atoms with Crippen LogP contribution in [0.4, 0.5) is 0 Å². The zero-order chi connectivity index (χ0) is 9.03. The van der Waals surface area contributed by atoms with Crippen molar-refractivity contribution in [1.29, 1.82) is 0 Å². The fourth-order valence-electron chi connectivity index (χ4n) is 1.26. The fraction of sp³-hybridized carbons (Fsp3) is 1.00. The molecule has 12 heavy (non-hydrogen) atoms. The van der Waals surface area contributed by atoms with Gasteiger partial charge in [0.2, 0.25) is 0 Å². The van der Waals surface area contributed by atoms with Crippen LogP contribution in [0.2, 0.25) is 0 Å². The van der Waals surface area contributed by atoms with Crippen molar-refractivity contribution in [1.82, 2.24) is 0 Å². The highest BCUT2D eigenvalue weighted by Gasteiger charge is 2.37. The molecule has 1 aliphatic heterocycles. The lowest BCUT2D eigenvalue weighted by Crippen LogP contribution is -2.50. The first kappa shape index (κ1) is 10.3. The Hall–Kier alpha value is 0.230. The van der Waals surface area contributed by atoms with Crippen LogP contribution >= 0.6 is 11.8 Å².